The molecular weight excluding hydrogens is 447 g/mol. The predicted molar refractivity (Wildman–Crippen MR) is 119 cm³/mol. The second kappa shape index (κ2) is 11.0. The van der Waals surface area contributed by atoms with Crippen molar-refractivity contribution in [1.29, 1.82) is 0 Å². The molecule has 0 amide bonds. The standard InChI is InChI=1S/C20H15Cl2F2N3O.C2H6O/c1-3-14(20(22)27-5-4-12(10-28)6-11(27)2)18-15(7-13(23)8-17(18)24)16-9-25-26-19(16)21;1-3-2/h4-10H,2-3H2,1H3,(H,25,26);1-2H3/b20-14+;. The van der Waals surface area contributed by atoms with E-state index in [0.29, 0.717) is 35.1 Å². The lowest BCUT2D eigenvalue weighted by Crippen LogP contribution is -2.16. The molecule has 1 N–H and O–H groups in total. The number of benzene rings is 1. The Hall–Kier alpha value is -2.74. The normalized spacial score (nSPS) is 14.0. The summed E-state index contributed by atoms with van der Waals surface area (Å²) in [5.41, 5.74) is 1.97. The van der Waals surface area contributed by atoms with Crippen LogP contribution in [-0.2, 0) is 9.53 Å². The molecule has 0 radical (unpaired) electrons. The van der Waals surface area contributed by atoms with Crippen molar-refractivity contribution < 1.29 is 18.3 Å². The van der Waals surface area contributed by atoms with E-state index >= 15 is 0 Å². The Labute approximate surface area is 189 Å². The van der Waals surface area contributed by atoms with E-state index in [4.69, 9.17) is 23.2 Å². The maximum Gasteiger partial charge on any atom is 0.150 e. The zero-order valence-electron chi connectivity index (χ0n) is 17.2. The van der Waals surface area contributed by atoms with E-state index in [-0.39, 0.29) is 21.4 Å². The van der Waals surface area contributed by atoms with Crippen LogP contribution < -0.4 is 0 Å². The summed E-state index contributed by atoms with van der Waals surface area (Å²) < 4.78 is 33.1. The molecule has 5 nitrogen and oxygen atoms in total. The average Bonchev–Trinajstić information content (AvgIpc) is 3.15. The fraction of sp³-hybridized carbons (Fsp3) is 0.182. The van der Waals surface area contributed by atoms with E-state index in [0.717, 1.165) is 6.07 Å². The van der Waals surface area contributed by atoms with Crippen molar-refractivity contribution in [3.05, 3.63) is 82.0 Å². The topological polar surface area (TPSA) is 58.2 Å². The molecule has 1 aromatic heterocycles. The molecule has 0 spiro atoms. The van der Waals surface area contributed by atoms with Crippen LogP contribution in [0.15, 0.2) is 59.7 Å². The molecule has 1 aliphatic heterocycles. The predicted octanol–water partition coefficient (Wildman–Crippen LogP) is 6.06. The van der Waals surface area contributed by atoms with Gasteiger partial charge in [-0.25, -0.2) is 8.78 Å². The van der Waals surface area contributed by atoms with E-state index in [1.807, 2.05) is 0 Å². The molecule has 0 unspecified atom stereocenters. The summed E-state index contributed by atoms with van der Waals surface area (Å²) >= 11 is 12.7. The highest BCUT2D eigenvalue weighted by Crippen LogP contribution is 2.40. The number of aldehydes is 1. The van der Waals surface area contributed by atoms with E-state index in [1.165, 1.54) is 17.2 Å². The van der Waals surface area contributed by atoms with Crippen LogP contribution in [0.25, 0.3) is 16.7 Å². The van der Waals surface area contributed by atoms with Crippen LogP contribution in [0.2, 0.25) is 5.15 Å². The summed E-state index contributed by atoms with van der Waals surface area (Å²) in [7, 11) is 3.25. The number of halogens is 4. The maximum atomic E-state index is 14.9. The van der Waals surface area contributed by atoms with Gasteiger partial charge in [0.15, 0.2) is 0 Å². The van der Waals surface area contributed by atoms with Gasteiger partial charge >= 0.3 is 0 Å². The minimum absolute atomic E-state index is 0.114. The van der Waals surface area contributed by atoms with E-state index in [2.05, 4.69) is 21.5 Å². The van der Waals surface area contributed by atoms with Crippen molar-refractivity contribution in [2.75, 3.05) is 14.2 Å². The third-order valence-electron chi connectivity index (χ3n) is 4.25. The van der Waals surface area contributed by atoms with Gasteiger partial charge in [0.2, 0.25) is 0 Å². The fourth-order valence-electron chi connectivity index (χ4n) is 2.95. The smallest absolute Gasteiger partial charge is 0.150 e. The van der Waals surface area contributed by atoms with Crippen LogP contribution in [0.1, 0.15) is 18.9 Å². The SMILES string of the molecule is C=C1C=C(C=O)C=CN1/C(Cl)=C(\CC)c1c(F)cc(F)cc1-c1cn[nH]c1Cl.COC. The number of H-pyrrole nitrogens is 1. The van der Waals surface area contributed by atoms with Crippen molar-refractivity contribution in [1.82, 2.24) is 15.1 Å². The number of ether oxygens (including phenoxy) is 1. The van der Waals surface area contributed by atoms with Crippen LogP contribution in [0, 0.1) is 11.6 Å². The highest BCUT2D eigenvalue weighted by molar-refractivity contribution is 6.33. The number of methoxy groups -OCH3 is 1. The Bertz CT molecular complexity index is 1070. The van der Waals surface area contributed by atoms with Gasteiger partial charge in [0, 0.05) is 48.9 Å². The molecule has 1 aromatic carbocycles. The van der Waals surface area contributed by atoms with Crippen LogP contribution in [-0.4, -0.2) is 35.6 Å². The van der Waals surface area contributed by atoms with Gasteiger partial charge in [0.25, 0.3) is 0 Å². The molecule has 164 valence electrons. The minimum atomic E-state index is -0.780. The zero-order chi connectivity index (χ0) is 23.1. The number of nitrogens with zero attached hydrogens (tertiary/aromatic N) is 2. The van der Waals surface area contributed by atoms with E-state index in [9.17, 15) is 13.6 Å². The Morgan fingerprint density at radius 2 is 2.00 bits per heavy atom. The first-order chi connectivity index (χ1) is 14.8. The summed E-state index contributed by atoms with van der Waals surface area (Å²) in [4.78, 5) is 12.5. The van der Waals surface area contributed by atoms with Gasteiger partial charge in [-0.15, -0.1) is 0 Å². The molecule has 0 aliphatic carbocycles. The Kier molecular flexibility index (Phi) is 8.74. The van der Waals surface area contributed by atoms with Gasteiger partial charge in [0.1, 0.15) is 28.2 Å². The van der Waals surface area contributed by atoms with Crippen molar-refractivity contribution >= 4 is 35.1 Å². The van der Waals surface area contributed by atoms with Gasteiger partial charge in [-0.1, -0.05) is 36.7 Å². The van der Waals surface area contributed by atoms with Gasteiger partial charge in [0.05, 0.1) is 6.20 Å². The number of carbonyl (C=O) groups excluding carboxylic acids is 1. The molecule has 2 aromatic rings. The lowest BCUT2D eigenvalue weighted by atomic mass is 9.94. The number of carbonyl (C=O) groups is 1. The average molecular weight is 468 g/mol. The van der Waals surface area contributed by atoms with E-state index in [1.54, 1.807) is 39.5 Å². The molecule has 0 atom stereocenters. The van der Waals surface area contributed by atoms with Gasteiger partial charge in [-0.3, -0.25) is 9.89 Å². The quantitative estimate of drug-likeness (QED) is 0.429. The largest absolute Gasteiger partial charge is 0.388 e. The summed E-state index contributed by atoms with van der Waals surface area (Å²) in [5, 5.41) is 6.70. The fourth-order valence-corrected chi connectivity index (χ4v) is 3.55. The lowest BCUT2D eigenvalue weighted by molar-refractivity contribution is -0.104. The Morgan fingerprint density at radius 1 is 1.32 bits per heavy atom. The Balaban J connectivity index is 0.00000107. The van der Waals surface area contributed by atoms with Crippen LogP contribution in [0.3, 0.4) is 0 Å². The molecule has 9 heteroatoms. The molecule has 0 bridgehead atoms. The molecule has 3 rings (SSSR count). The second-order valence-corrected chi connectivity index (χ2v) is 7.11. The number of hydrogen-bond donors (Lipinski definition) is 1. The van der Waals surface area contributed by atoms with Crippen molar-refractivity contribution in [2.24, 2.45) is 0 Å². The summed E-state index contributed by atoms with van der Waals surface area (Å²) in [5.74, 6) is -1.53. The molecule has 1 aliphatic rings. The highest BCUT2D eigenvalue weighted by atomic mass is 35.5. The first-order valence-electron chi connectivity index (χ1n) is 9.09. The number of aromatic amines is 1. The molecule has 0 saturated carbocycles. The summed E-state index contributed by atoms with van der Waals surface area (Å²) in [6, 6.07) is 1.97. The number of rotatable bonds is 5. The first-order valence-corrected chi connectivity index (χ1v) is 9.85. The molecular formula is C22H21Cl2F2N3O2. The maximum absolute atomic E-state index is 14.9. The van der Waals surface area contributed by atoms with Gasteiger partial charge in [-0.05, 0) is 35.8 Å². The first kappa shape index (κ1) is 24.5. The van der Waals surface area contributed by atoms with Crippen molar-refractivity contribution in [3.63, 3.8) is 0 Å². The molecule has 31 heavy (non-hydrogen) atoms. The zero-order valence-corrected chi connectivity index (χ0v) is 18.7. The van der Waals surface area contributed by atoms with Crippen molar-refractivity contribution in [2.45, 2.75) is 13.3 Å². The highest BCUT2D eigenvalue weighted by Gasteiger charge is 2.23. The summed E-state index contributed by atoms with van der Waals surface area (Å²) in [6.07, 6.45) is 7.10. The Morgan fingerprint density at radius 3 is 2.52 bits per heavy atom. The number of allylic oxidation sites excluding steroid dienone is 4. The monoisotopic (exact) mass is 467 g/mol. The van der Waals surface area contributed by atoms with Crippen molar-refractivity contribution in [3.8, 4) is 11.1 Å². The van der Waals surface area contributed by atoms with Crippen LogP contribution >= 0.6 is 23.2 Å². The summed E-state index contributed by atoms with van der Waals surface area (Å²) in [6.45, 7) is 5.68. The van der Waals surface area contributed by atoms with Gasteiger partial charge in [-0.2, -0.15) is 5.10 Å². The van der Waals surface area contributed by atoms with Crippen LogP contribution in [0.5, 0.6) is 0 Å². The number of nitrogens with one attached hydrogen (secondary N) is 1. The van der Waals surface area contributed by atoms with Crippen LogP contribution in [0.4, 0.5) is 8.78 Å². The van der Waals surface area contributed by atoms with E-state index < -0.39 is 11.6 Å². The molecule has 2 heterocycles. The number of hydrogen-bond acceptors (Lipinski definition) is 4. The van der Waals surface area contributed by atoms with Gasteiger partial charge < -0.3 is 9.64 Å². The molecule has 0 saturated heterocycles. The third-order valence-corrected chi connectivity index (χ3v) is 4.95. The minimum Gasteiger partial charge on any atom is -0.388 e. The lowest BCUT2D eigenvalue weighted by Gasteiger charge is -2.26. The number of aromatic nitrogens is 2. The molecule has 0 fully saturated rings. The third kappa shape index (κ3) is 5.50. The second-order valence-electron chi connectivity index (χ2n) is 6.38.